The molecule has 0 aliphatic heterocycles. The molecule has 0 saturated heterocycles. The van der Waals surface area contributed by atoms with Gasteiger partial charge >= 0.3 is 5.97 Å². The zero-order chi connectivity index (χ0) is 15.1. The third-order valence-corrected chi connectivity index (χ3v) is 3.75. The lowest BCUT2D eigenvalue weighted by Gasteiger charge is -2.12. The van der Waals surface area contributed by atoms with Crippen molar-refractivity contribution in [2.45, 2.75) is 17.4 Å². The number of halogens is 1. The summed E-state index contributed by atoms with van der Waals surface area (Å²) in [6.45, 7) is 0. The normalized spacial score (nSPS) is 11.7. The van der Waals surface area contributed by atoms with Gasteiger partial charge < -0.3 is 16.2 Å². The summed E-state index contributed by atoms with van der Waals surface area (Å²) in [5.74, 6) is -2.62. The lowest BCUT2D eigenvalue weighted by molar-refractivity contribution is -0.143. The summed E-state index contributed by atoms with van der Waals surface area (Å²) in [5, 5.41) is 11.6. The predicted molar refractivity (Wildman–Crippen MR) is 75.6 cm³/mol. The first-order chi connectivity index (χ1) is 9.40. The summed E-state index contributed by atoms with van der Waals surface area (Å²) in [6, 6.07) is 5.67. The molecule has 1 atom stereocenters. The highest BCUT2D eigenvalue weighted by molar-refractivity contribution is 8.00. The molecule has 0 radical (unpaired) electrons. The summed E-state index contributed by atoms with van der Waals surface area (Å²) in [4.78, 5) is 33.9. The van der Waals surface area contributed by atoms with E-state index in [-0.39, 0.29) is 5.75 Å². The summed E-state index contributed by atoms with van der Waals surface area (Å²) in [5.41, 5.74) is 4.92. The van der Waals surface area contributed by atoms with E-state index in [2.05, 4.69) is 5.32 Å². The lowest BCUT2D eigenvalue weighted by atomic mass is 10.2. The van der Waals surface area contributed by atoms with E-state index in [9.17, 15) is 14.4 Å². The topological polar surface area (TPSA) is 109 Å². The number of nitrogens with one attached hydrogen (secondary N) is 1. The number of aliphatic carboxylic acids is 1. The highest BCUT2D eigenvalue weighted by Crippen LogP contribution is 2.26. The second-order valence-corrected chi connectivity index (χ2v) is 5.27. The van der Waals surface area contributed by atoms with Crippen molar-refractivity contribution in [2.75, 3.05) is 5.75 Å². The third-order valence-electron chi connectivity index (χ3n) is 2.23. The molecule has 0 bridgehead atoms. The maximum Gasteiger partial charge on any atom is 0.326 e. The zero-order valence-corrected chi connectivity index (χ0v) is 11.9. The van der Waals surface area contributed by atoms with Crippen molar-refractivity contribution >= 4 is 41.1 Å². The van der Waals surface area contributed by atoms with Crippen molar-refractivity contribution in [3.63, 3.8) is 0 Å². The molecule has 1 aromatic carbocycles. The Hall–Kier alpha value is -1.73. The largest absolute Gasteiger partial charge is 0.480 e. The smallest absolute Gasteiger partial charge is 0.326 e. The molecule has 1 rings (SSSR count). The molecule has 108 valence electrons. The SMILES string of the molecule is NC(=O)C[C@H](NC(=O)CSc1ccccc1Cl)C(=O)O. The monoisotopic (exact) mass is 316 g/mol. The number of nitrogens with two attached hydrogens (primary N) is 1. The summed E-state index contributed by atoms with van der Waals surface area (Å²) in [7, 11) is 0. The van der Waals surface area contributed by atoms with Crippen LogP contribution in [-0.4, -0.2) is 34.7 Å². The number of amides is 2. The van der Waals surface area contributed by atoms with E-state index < -0.39 is 30.2 Å². The number of primary amides is 1. The molecular weight excluding hydrogens is 304 g/mol. The quantitative estimate of drug-likeness (QED) is 0.647. The van der Waals surface area contributed by atoms with Crippen molar-refractivity contribution in [3.05, 3.63) is 29.3 Å². The molecule has 0 fully saturated rings. The fourth-order valence-corrected chi connectivity index (χ4v) is 2.39. The Labute approximate surface area is 124 Å². The van der Waals surface area contributed by atoms with E-state index in [1.165, 1.54) is 11.8 Å². The van der Waals surface area contributed by atoms with Crippen molar-refractivity contribution in [3.8, 4) is 0 Å². The minimum atomic E-state index is -1.31. The predicted octanol–water partition coefficient (Wildman–Crippen LogP) is 0.877. The fourth-order valence-electron chi connectivity index (χ4n) is 1.34. The second kappa shape index (κ2) is 7.76. The van der Waals surface area contributed by atoms with E-state index >= 15 is 0 Å². The minimum Gasteiger partial charge on any atom is -0.480 e. The lowest BCUT2D eigenvalue weighted by Crippen LogP contribution is -2.44. The number of carbonyl (C=O) groups excluding carboxylic acids is 2. The molecule has 4 N–H and O–H groups in total. The van der Waals surface area contributed by atoms with Crippen LogP contribution in [0.4, 0.5) is 0 Å². The highest BCUT2D eigenvalue weighted by Gasteiger charge is 2.22. The standard InChI is InChI=1S/C12H13ClN2O4S/c13-7-3-1-2-4-9(7)20-6-11(17)15-8(12(18)19)5-10(14)16/h1-4,8H,5-6H2,(H2,14,16)(H,15,17)(H,18,19)/t8-/m0/s1. The van der Waals surface area contributed by atoms with Gasteiger partial charge in [-0.2, -0.15) is 0 Å². The number of thioether (sulfide) groups is 1. The summed E-state index contributed by atoms with van der Waals surface area (Å²) < 4.78 is 0. The van der Waals surface area contributed by atoms with Gasteiger partial charge in [0.2, 0.25) is 11.8 Å². The zero-order valence-electron chi connectivity index (χ0n) is 10.3. The number of rotatable bonds is 7. The highest BCUT2D eigenvalue weighted by atomic mass is 35.5. The van der Waals surface area contributed by atoms with Gasteiger partial charge in [0.1, 0.15) is 6.04 Å². The molecule has 20 heavy (non-hydrogen) atoms. The van der Waals surface area contributed by atoms with Gasteiger partial charge in [-0.05, 0) is 12.1 Å². The Balaban J connectivity index is 2.52. The van der Waals surface area contributed by atoms with E-state index in [4.69, 9.17) is 22.4 Å². The van der Waals surface area contributed by atoms with Gasteiger partial charge in [0.25, 0.3) is 0 Å². The maximum atomic E-state index is 11.6. The van der Waals surface area contributed by atoms with E-state index in [1.54, 1.807) is 24.3 Å². The Morgan fingerprint density at radius 2 is 2.00 bits per heavy atom. The van der Waals surface area contributed by atoms with E-state index in [1.807, 2.05) is 0 Å². The number of carbonyl (C=O) groups is 3. The number of hydrogen-bond donors (Lipinski definition) is 3. The summed E-state index contributed by atoms with van der Waals surface area (Å²) in [6.07, 6.45) is -0.447. The van der Waals surface area contributed by atoms with Gasteiger partial charge in [-0.1, -0.05) is 23.7 Å². The van der Waals surface area contributed by atoms with Crippen LogP contribution in [0.3, 0.4) is 0 Å². The molecule has 8 heteroatoms. The van der Waals surface area contributed by atoms with Crippen LogP contribution in [0.5, 0.6) is 0 Å². The van der Waals surface area contributed by atoms with E-state index in [0.717, 1.165) is 0 Å². The molecule has 0 heterocycles. The van der Waals surface area contributed by atoms with Crippen molar-refractivity contribution in [1.29, 1.82) is 0 Å². The van der Waals surface area contributed by atoms with Gasteiger partial charge in [0.15, 0.2) is 0 Å². The van der Waals surface area contributed by atoms with Crippen LogP contribution in [-0.2, 0) is 14.4 Å². The molecule has 2 amide bonds. The number of hydrogen-bond acceptors (Lipinski definition) is 4. The maximum absolute atomic E-state index is 11.6. The summed E-state index contributed by atoms with van der Waals surface area (Å²) >= 11 is 7.10. The van der Waals surface area contributed by atoms with Crippen molar-refractivity contribution in [2.24, 2.45) is 5.73 Å². The first kappa shape index (κ1) is 16.3. The number of carboxylic acid groups (broad SMARTS) is 1. The molecule has 6 nitrogen and oxygen atoms in total. The van der Waals surface area contributed by atoms with Crippen LogP contribution in [0.1, 0.15) is 6.42 Å². The Morgan fingerprint density at radius 1 is 1.35 bits per heavy atom. The number of benzene rings is 1. The molecule has 1 aromatic rings. The van der Waals surface area contributed by atoms with Gasteiger partial charge in [0, 0.05) is 4.90 Å². The van der Waals surface area contributed by atoms with Gasteiger partial charge in [-0.3, -0.25) is 9.59 Å². The Morgan fingerprint density at radius 3 is 2.55 bits per heavy atom. The van der Waals surface area contributed by atoms with Crippen LogP contribution in [0, 0.1) is 0 Å². The molecule has 0 aliphatic rings. The van der Waals surface area contributed by atoms with Crippen LogP contribution in [0.2, 0.25) is 5.02 Å². The van der Waals surface area contributed by atoms with Crippen LogP contribution in [0.15, 0.2) is 29.2 Å². The average Bonchev–Trinajstić information content (AvgIpc) is 2.36. The van der Waals surface area contributed by atoms with Crippen molar-refractivity contribution in [1.82, 2.24) is 5.32 Å². The molecule has 0 unspecified atom stereocenters. The fraction of sp³-hybridized carbons (Fsp3) is 0.250. The Kier molecular flexibility index (Phi) is 6.33. The Bertz CT molecular complexity index is 524. The average molecular weight is 317 g/mol. The molecule has 0 saturated carbocycles. The number of carboxylic acids is 1. The molecule has 0 aliphatic carbocycles. The van der Waals surface area contributed by atoms with Gasteiger partial charge in [-0.15, -0.1) is 11.8 Å². The van der Waals surface area contributed by atoms with Crippen LogP contribution < -0.4 is 11.1 Å². The first-order valence-corrected chi connectivity index (χ1v) is 6.94. The second-order valence-electron chi connectivity index (χ2n) is 3.85. The third kappa shape index (κ3) is 5.50. The van der Waals surface area contributed by atoms with Gasteiger partial charge in [0.05, 0.1) is 17.2 Å². The van der Waals surface area contributed by atoms with E-state index in [0.29, 0.717) is 9.92 Å². The van der Waals surface area contributed by atoms with Crippen molar-refractivity contribution < 1.29 is 19.5 Å². The first-order valence-electron chi connectivity index (χ1n) is 5.58. The van der Waals surface area contributed by atoms with Crippen LogP contribution >= 0.6 is 23.4 Å². The molecule has 0 spiro atoms. The molecular formula is C12H13ClN2O4S. The molecule has 0 aromatic heterocycles. The minimum absolute atomic E-state index is 0.00766. The van der Waals surface area contributed by atoms with Crippen LogP contribution in [0.25, 0.3) is 0 Å². The van der Waals surface area contributed by atoms with Gasteiger partial charge in [-0.25, -0.2) is 4.79 Å².